The van der Waals surface area contributed by atoms with Crippen LogP contribution in [-0.4, -0.2) is 40.4 Å². The van der Waals surface area contributed by atoms with Gasteiger partial charge in [0.05, 0.1) is 0 Å². The topological polar surface area (TPSA) is 52.6 Å². The lowest BCUT2D eigenvalue weighted by atomic mass is 9.99. The normalized spacial score (nSPS) is 23.8. The summed E-state index contributed by atoms with van der Waals surface area (Å²) in [4.78, 5) is 25.0. The van der Waals surface area contributed by atoms with E-state index in [1.807, 2.05) is 0 Å². The molecule has 0 aromatic carbocycles. The number of carbonyl (C=O) groups excluding carboxylic acids is 2. The first kappa shape index (κ1) is 21.5. The monoisotopic (exact) mass is 370 g/mol. The van der Waals surface area contributed by atoms with Gasteiger partial charge in [-0.2, -0.15) is 0 Å². The standard InChI is InChI=1S/C18H34O4Si2/c1-17(2,3)23(7,8)21-15-13(19)11-12-14(20)16(15)22-24(9,10)18(4,5)6/h11-12,15-16H,1-10H3/t15-,16-/m0/s1. The van der Waals surface area contributed by atoms with Crippen molar-refractivity contribution < 1.29 is 18.4 Å². The van der Waals surface area contributed by atoms with Crippen molar-refractivity contribution in [2.24, 2.45) is 0 Å². The maximum Gasteiger partial charge on any atom is 0.193 e. The van der Waals surface area contributed by atoms with Crippen molar-refractivity contribution in [1.29, 1.82) is 0 Å². The van der Waals surface area contributed by atoms with E-state index in [1.165, 1.54) is 12.2 Å². The lowest BCUT2D eigenvalue weighted by Gasteiger charge is -2.44. The minimum Gasteiger partial charge on any atom is -0.404 e. The lowest BCUT2D eigenvalue weighted by molar-refractivity contribution is -0.137. The molecule has 0 radical (unpaired) electrons. The first-order valence-electron chi connectivity index (χ1n) is 8.61. The number of hydrogen-bond donors (Lipinski definition) is 0. The largest absolute Gasteiger partial charge is 0.404 e. The minimum atomic E-state index is -2.20. The van der Waals surface area contributed by atoms with Gasteiger partial charge in [0.1, 0.15) is 12.2 Å². The number of rotatable bonds is 4. The van der Waals surface area contributed by atoms with Crippen molar-refractivity contribution in [2.45, 2.75) is 90.0 Å². The Balaban J connectivity index is 3.17. The van der Waals surface area contributed by atoms with Crippen molar-refractivity contribution in [3.63, 3.8) is 0 Å². The zero-order valence-electron chi connectivity index (χ0n) is 16.9. The van der Waals surface area contributed by atoms with Crippen LogP contribution in [0.15, 0.2) is 12.2 Å². The van der Waals surface area contributed by atoms with E-state index in [1.54, 1.807) is 0 Å². The molecule has 0 bridgehead atoms. The molecule has 0 heterocycles. The van der Waals surface area contributed by atoms with Crippen molar-refractivity contribution in [1.82, 2.24) is 0 Å². The van der Waals surface area contributed by atoms with Crippen LogP contribution < -0.4 is 0 Å². The SMILES string of the molecule is CC(C)(C)[Si](C)(C)O[C@H]1C(=O)C=CC(=O)[C@@H]1O[Si](C)(C)C(C)(C)C. The molecule has 4 nitrogen and oxygen atoms in total. The van der Waals surface area contributed by atoms with Crippen LogP contribution in [0.3, 0.4) is 0 Å². The van der Waals surface area contributed by atoms with Crippen LogP contribution >= 0.6 is 0 Å². The van der Waals surface area contributed by atoms with Gasteiger partial charge in [-0.3, -0.25) is 9.59 Å². The molecule has 6 heteroatoms. The zero-order valence-corrected chi connectivity index (χ0v) is 18.9. The molecule has 0 N–H and O–H groups in total. The molecular formula is C18H34O4Si2. The van der Waals surface area contributed by atoms with Crippen LogP contribution in [0.4, 0.5) is 0 Å². The highest BCUT2D eigenvalue weighted by Gasteiger charge is 2.48. The zero-order chi connectivity index (χ0) is 19.1. The number of ketones is 2. The highest BCUT2D eigenvalue weighted by atomic mass is 28.4. The molecule has 0 unspecified atom stereocenters. The first-order valence-corrected chi connectivity index (χ1v) is 14.4. The molecule has 1 rings (SSSR count). The second-order valence-electron chi connectivity index (χ2n) is 9.74. The first-order chi connectivity index (χ1) is 10.5. The summed E-state index contributed by atoms with van der Waals surface area (Å²) in [5.74, 6) is -0.328. The lowest BCUT2D eigenvalue weighted by Crippen LogP contribution is -2.57. The molecule has 0 aromatic rings. The van der Waals surface area contributed by atoms with E-state index >= 15 is 0 Å². The van der Waals surface area contributed by atoms with Gasteiger partial charge < -0.3 is 8.85 Å². The van der Waals surface area contributed by atoms with Gasteiger partial charge in [-0.25, -0.2) is 0 Å². The highest BCUT2D eigenvalue weighted by Crippen LogP contribution is 2.41. The van der Waals surface area contributed by atoms with Crippen molar-refractivity contribution in [3.8, 4) is 0 Å². The molecule has 24 heavy (non-hydrogen) atoms. The molecule has 0 amide bonds. The molecule has 0 saturated heterocycles. The van der Waals surface area contributed by atoms with Crippen LogP contribution in [-0.2, 0) is 18.4 Å². The molecule has 0 fully saturated rings. The molecule has 0 saturated carbocycles. The predicted molar refractivity (Wildman–Crippen MR) is 103 cm³/mol. The van der Waals surface area contributed by atoms with Gasteiger partial charge in [-0.05, 0) is 48.4 Å². The Hall–Kier alpha value is -0.566. The minimum absolute atomic E-state index is 0.0426. The van der Waals surface area contributed by atoms with Crippen LogP contribution in [0.25, 0.3) is 0 Å². The predicted octanol–water partition coefficient (Wildman–Crippen LogP) is 4.48. The number of carbonyl (C=O) groups is 2. The van der Waals surface area contributed by atoms with Crippen LogP contribution in [0.1, 0.15) is 41.5 Å². The van der Waals surface area contributed by atoms with Crippen LogP contribution in [0, 0.1) is 0 Å². The third kappa shape index (κ3) is 4.53. The van der Waals surface area contributed by atoms with Gasteiger partial charge in [0, 0.05) is 0 Å². The van der Waals surface area contributed by atoms with Gasteiger partial charge in [-0.15, -0.1) is 0 Å². The van der Waals surface area contributed by atoms with Gasteiger partial charge in [-0.1, -0.05) is 41.5 Å². The fourth-order valence-corrected chi connectivity index (χ4v) is 4.34. The van der Waals surface area contributed by atoms with E-state index in [0.717, 1.165) is 0 Å². The molecule has 2 atom stereocenters. The molecule has 0 aromatic heterocycles. The summed E-state index contributed by atoms with van der Waals surface area (Å²) in [6.45, 7) is 21.1. The average molecular weight is 371 g/mol. The van der Waals surface area contributed by atoms with Crippen molar-refractivity contribution in [3.05, 3.63) is 12.2 Å². The molecule has 1 aliphatic rings. The smallest absolute Gasteiger partial charge is 0.193 e. The maximum atomic E-state index is 12.5. The van der Waals surface area contributed by atoms with E-state index in [2.05, 4.69) is 67.7 Å². The Morgan fingerprint density at radius 3 is 1.17 bits per heavy atom. The Bertz CT molecular complexity index is 488. The van der Waals surface area contributed by atoms with Crippen LogP contribution in [0.5, 0.6) is 0 Å². The maximum absolute atomic E-state index is 12.5. The van der Waals surface area contributed by atoms with E-state index in [0.29, 0.717) is 0 Å². The highest BCUT2D eigenvalue weighted by molar-refractivity contribution is 6.75. The third-order valence-electron chi connectivity index (χ3n) is 5.70. The fourth-order valence-electron chi connectivity index (χ4n) is 1.88. The number of hydrogen-bond acceptors (Lipinski definition) is 4. The third-order valence-corrected chi connectivity index (χ3v) is 14.6. The Morgan fingerprint density at radius 1 is 0.708 bits per heavy atom. The van der Waals surface area contributed by atoms with Gasteiger partial charge in [0.2, 0.25) is 0 Å². The quantitative estimate of drug-likeness (QED) is 0.685. The molecule has 0 aliphatic heterocycles. The Labute approximate surface area is 149 Å². The summed E-state index contributed by atoms with van der Waals surface area (Å²) >= 11 is 0. The van der Waals surface area contributed by atoms with Gasteiger partial charge in [0.15, 0.2) is 28.2 Å². The van der Waals surface area contributed by atoms with Gasteiger partial charge in [0.25, 0.3) is 0 Å². The summed E-state index contributed by atoms with van der Waals surface area (Å²) in [7, 11) is -4.40. The van der Waals surface area contributed by atoms with Crippen molar-refractivity contribution in [2.75, 3.05) is 0 Å². The Kier molecular flexibility index (Phi) is 5.93. The summed E-state index contributed by atoms with van der Waals surface area (Å²) < 4.78 is 12.6. The van der Waals surface area contributed by atoms with E-state index in [-0.39, 0.29) is 21.6 Å². The summed E-state index contributed by atoms with van der Waals surface area (Å²) in [5.41, 5.74) is 0. The second-order valence-corrected chi connectivity index (χ2v) is 19.2. The molecule has 0 spiro atoms. The van der Waals surface area contributed by atoms with Crippen molar-refractivity contribution >= 4 is 28.2 Å². The Morgan fingerprint density at radius 2 is 0.958 bits per heavy atom. The molecule has 138 valence electrons. The molecular weight excluding hydrogens is 336 g/mol. The van der Waals surface area contributed by atoms with Crippen LogP contribution in [0.2, 0.25) is 36.3 Å². The summed E-state index contributed by atoms with van der Waals surface area (Å²) in [6, 6.07) is 0. The average Bonchev–Trinajstić information content (AvgIpc) is 2.35. The van der Waals surface area contributed by atoms with E-state index in [9.17, 15) is 9.59 Å². The van der Waals surface area contributed by atoms with E-state index < -0.39 is 28.8 Å². The fraction of sp³-hybridized carbons (Fsp3) is 0.778. The second kappa shape index (κ2) is 6.63. The molecule has 1 aliphatic carbocycles. The summed E-state index contributed by atoms with van der Waals surface area (Å²) in [6.07, 6.45) is 1.03. The van der Waals surface area contributed by atoms with E-state index in [4.69, 9.17) is 8.85 Å². The summed E-state index contributed by atoms with van der Waals surface area (Å²) in [5, 5.41) is -0.0853. The van der Waals surface area contributed by atoms with Gasteiger partial charge >= 0.3 is 0 Å².